The zero-order chi connectivity index (χ0) is 15.5. The Labute approximate surface area is 147 Å². The van der Waals surface area contributed by atoms with Crippen LogP contribution < -0.4 is 5.32 Å². The predicted octanol–water partition coefficient (Wildman–Crippen LogP) is 4.65. The quantitative estimate of drug-likeness (QED) is 0.667. The third kappa shape index (κ3) is 3.98. The van der Waals surface area contributed by atoms with Gasteiger partial charge in [-0.1, -0.05) is 13.3 Å². The SMILES string of the molecule is CCC1CCC(C#N)(NC(=O)c2cc(I)ccc2Br)CC1. The Morgan fingerprint density at radius 1 is 1.52 bits per heavy atom. The van der Waals surface area contributed by atoms with Crippen molar-refractivity contribution in [1.82, 2.24) is 5.32 Å². The van der Waals surface area contributed by atoms with E-state index in [9.17, 15) is 10.1 Å². The predicted molar refractivity (Wildman–Crippen MR) is 94.9 cm³/mol. The molecule has 3 nitrogen and oxygen atoms in total. The molecule has 1 aromatic rings. The van der Waals surface area contributed by atoms with Crippen molar-refractivity contribution in [2.75, 3.05) is 0 Å². The van der Waals surface area contributed by atoms with E-state index in [0.29, 0.717) is 11.5 Å². The van der Waals surface area contributed by atoms with Crippen LogP contribution >= 0.6 is 38.5 Å². The van der Waals surface area contributed by atoms with Crippen LogP contribution in [0.25, 0.3) is 0 Å². The minimum atomic E-state index is -0.705. The lowest BCUT2D eigenvalue weighted by Crippen LogP contribution is -2.49. The third-order valence-electron chi connectivity index (χ3n) is 4.28. The van der Waals surface area contributed by atoms with Crippen LogP contribution in [0.1, 0.15) is 49.4 Å². The fraction of sp³-hybridized carbons (Fsp3) is 0.500. The van der Waals surface area contributed by atoms with Gasteiger partial charge < -0.3 is 5.32 Å². The first kappa shape index (κ1) is 16.8. The summed E-state index contributed by atoms with van der Waals surface area (Å²) >= 11 is 5.59. The Morgan fingerprint density at radius 3 is 2.76 bits per heavy atom. The van der Waals surface area contributed by atoms with Gasteiger partial charge in [0.2, 0.25) is 0 Å². The van der Waals surface area contributed by atoms with E-state index in [2.05, 4.69) is 56.8 Å². The molecule has 0 saturated heterocycles. The van der Waals surface area contributed by atoms with E-state index in [1.54, 1.807) is 0 Å². The number of rotatable bonds is 3. The number of halogens is 2. The molecule has 112 valence electrons. The molecule has 0 atom stereocenters. The number of carbonyl (C=O) groups is 1. The normalized spacial score (nSPS) is 25.1. The lowest BCUT2D eigenvalue weighted by atomic mass is 9.76. The van der Waals surface area contributed by atoms with E-state index in [1.165, 1.54) is 0 Å². The molecule has 1 amide bonds. The third-order valence-corrected chi connectivity index (χ3v) is 5.64. The summed E-state index contributed by atoms with van der Waals surface area (Å²) in [6, 6.07) is 7.99. The molecular weight excluding hydrogens is 443 g/mol. The Bertz CT molecular complexity index is 574. The monoisotopic (exact) mass is 460 g/mol. The van der Waals surface area contributed by atoms with E-state index < -0.39 is 5.54 Å². The molecule has 0 spiro atoms. The van der Waals surface area contributed by atoms with E-state index in [1.807, 2.05) is 18.2 Å². The summed E-state index contributed by atoms with van der Waals surface area (Å²) in [6.07, 6.45) is 4.66. The molecule has 2 rings (SSSR count). The highest BCUT2D eigenvalue weighted by atomic mass is 127. The number of hydrogen-bond acceptors (Lipinski definition) is 2. The first-order valence-corrected chi connectivity index (χ1v) is 9.05. The average molecular weight is 461 g/mol. The van der Waals surface area contributed by atoms with Gasteiger partial charge in [-0.3, -0.25) is 4.79 Å². The van der Waals surface area contributed by atoms with Gasteiger partial charge in [-0.15, -0.1) is 0 Å². The van der Waals surface area contributed by atoms with Crippen molar-refractivity contribution in [3.63, 3.8) is 0 Å². The number of hydrogen-bond donors (Lipinski definition) is 1. The fourth-order valence-corrected chi connectivity index (χ4v) is 3.72. The highest BCUT2D eigenvalue weighted by molar-refractivity contribution is 14.1. The molecule has 0 unspecified atom stereocenters. The fourth-order valence-electron chi connectivity index (χ4n) is 2.80. The molecule has 5 heteroatoms. The summed E-state index contributed by atoms with van der Waals surface area (Å²) < 4.78 is 1.76. The zero-order valence-corrected chi connectivity index (χ0v) is 15.7. The van der Waals surface area contributed by atoms with Crippen LogP contribution in [0, 0.1) is 20.8 Å². The Kier molecular flexibility index (Phi) is 5.67. The van der Waals surface area contributed by atoms with Crippen LogP contribution in [0.5, 0.6) is 0 Å². The number of nitrogens with one attached hydrogen (secondary N) is 1. The molecule has 1 saturated carbocycles. The number of carbonyl (C=O) groups excluding carboxylic acids is 1. The lowest BCUT2D eigenvalue weighted by Gasteiger charge is -2.35. The van der Waals surface area contributed by atoms with Crippen molar-refractivity contribution in [1.29, 1.82) is 5.26 Å². The van der Waals surface area contributed by atoms with Gasteiger partial charge in [0.05, 0.1) is 11.6 Å². The molecule has 0 aliphatic heterocycles. The van der Waals surface area contributed by atoms with E-state index >= 15 is 0 Å². The molecule has 1 aliphatic rings. The van der Waals surface area contributed by atoms with Crippen molar-refractivity contribution in [3.8, 4) is 6.07 Å². The highest BCUT2D eigenvalue weighted by Crippen LogP contribution is 2.34. The van der Waals surface area contributed by atoms with Gasteiger partial charge in [0.15, 0.2) is 0 Å². The maximum atomic E-state index is 12.5. The maximum Gasteiger partial charge on any atom is 0.253 e. The van der Waals surface area contributed by atoms with Gasteiger partial charge in [0.1, 0.15) is 5.54 Å². The second-order valence-electron chi connectivity index (χ2n) is 5.62. The van der Waals surface area contributed by atoms with Crippen LogP contribution in [0.3, 0.4) is 0 Å². The van der Waals surface area contributed by atoms with Crippen molar-refractivity contribution in [2.45, 2.75) is 44.6 Å². The Morgan fingerprint density at radius 2 is 2.19 bits per heavy atom. The number of nitrogens with zero attached hydrogens (tertiary/aromatic N) is 1. The summed E-state index contributed by atoms with van der Waals surface area (Å²) in [7, 11) is 0. The lowest BCUT2D eigenvalue weighted by molar-refractivity contribution is 0.0890. The molecular formula is C16H18BrIN2O. The van der Waals surface area contributed by atoms with Crippen LogP contribution in [-0.4, -0.2) is 11.4 Å². The molecule has 1 aromatic carbocycles. The molecule has 0 heterocycles. The van der Waals surface area contributed by atoms with E-state index in [0.717, 1.165) is 40.1 Å². The van der Waals surface area contributed by atoms with Crippen LogP contribution in [0.2, 0.25) is 0 Å². The van der Waals surface area contributed by atoms with E-state index in [-0.39, 0.29) is 5.91 Å². The highest BCUT2D eigenvalue weighted by Gasteiger charge is 2.36. The van der Waals surface area contributed by atoms with Crippen molar-refractivity contribution >= 4 is 44.4 Å². The molecule has 1 fully saturated rings. The summed E-state index contributed by atoms with van der Waals surface area (Å²) in [4.78, 5) is 12.5. The second kappa shape index (κ2) is 7.10. The summed E-state index contributed by atoms with van der Waals surface area (Å²) in [6.45, 7) is 2.19. The van der Waals surface area contributed by atoms with Gasteiger partial charge in [-0.2, -0.15) is 5.26 Å². The zero-order valence-electron chi connectivity index (χ0n) is 12.0. The first-order valence-electron chi connectivity index (χ1n) is 7.18. The smallest absolute Gasteiger partial charge is 0.253 e. The van der Waals surface area contributed by atoms with Gasteiger partial charge in [0.25, 0.3) is 5.91 Å². The van der Waals surface area contributed by atoms with Crippen molar-refractivity contribution in [3.05, 3.63) is 31.8 Å². The van der Waals surface area contributed by atoms with Crippen molar-refractivity contribution < 1.29 is 4.79 Å². The molecule has 1 aliphatic carbocycles. The summed E-state index contributed by atoms with van der Waals surface area (Å²) in [5, 5.41) is 12.5. The molecule has 1 N–H and O–H groups in total. The largest absolute Gasteiger partial charge is 0.334 e. The van der Waals surface area contributed by atoms with E-state index in [4.69, 9.17) is 0 Å². The molecule has 0 bridgehead atoms. The van der Waals surface area contributed by atoms with Gasteiger partial charge in [-0.25, -0.2) is 0 Å². The first-order chi connectivity index (χ1) is 9.99. The average Bonchev–Trinajstić information content (AvgIpc) is 2.50. The number of amides is 1. The molecule has 0 aromatic heterocycles. The number of nitriles is 1. The van der Waals surface area contributed by atoms with Gasteiger partial charge >= 0.3 is 0 Å². The standard InChI is InChI=1S/C16H18BrIN2O/c1-2-11-5-7-16(10-19,8-6-11)20-15(21)13-9-12(18)3-4-14(13)17/h3-4,9,11H,2,5-8H2,1H3,(H,20,21). The minimum Gasteiger partial charge on any atom is -0.334 e. The summed E-state index contributed by atoms with van der Waals surface area (Å²) in [5.74, 6) is 0.518. The topological polar surface area (TPSA) is 52.9 Å². The number of benzene rings is 1. The Balaban J connectivity index is 2.14. The van der Waals surface area contributed by atoms with Gasteiger partial charge in [-0.05, 0) is 88.3 Å². The van der Waals surface area contributed by atoms with Crippen LogP contribution in [0.4, 0.5) is 0 Å². The van der Waals surface area contributed by atoms with Crippen molar-refractivity contribution in [2.24, 2.45) is 5.92 Å². The molecule has 21 heavy (non-hydrogen) atoms. The molecule has 0 radical (unpaired) electrons. The van der Waals surface area contributed by atoms with Gasteiger partial charge in [0, 0.05) is 8.04 Å². The second-order valence-corrected chi connectivity index (χ2v) is 7.72. The maximum absolute atomic E-state index is 12.5. The summed E-state index contributed by atoms with van der Waals surface area (Å²) in [5.41, 5.74) is -0.113. The van der Waals surface area contributed by atoms with Crippen LogP contribution in [0.15, 0.2) is 22.7 Å². The Hall–Kier alpha value is -0.610. The minimum absolute atomic E-state index is 0.170. The van der Waals surface area contributed by atoms with Crippen LogP contribution in [-0.2, 0) is 0 Å².